The summed E-state index contributed by atoms with van der Waals surface area (Å²) in [6, 6.07) is 12.8. The second-order valence-corrected chi connectivity index (χ2v) is 6.05. The van der Waals surface area contributed by atoms with Crippen molar-refractivity contribution in [2.75, 3.05) is 11.9 Å². The number of likely N-dealkylation sites (N-methyl/N-ethyl adjacent to an activating group) is 1. The number of rotatable bonds is 0. The minimum Gasteiger partial charge on any atom is -0.456 e. The zero-order valence-electron chi connectivity index (χ0n) is 12.1. The van der Waals surface area contributed by atoms with Crippen LogP contribution >= 0.6 is 0 Å². The van der Waals surface area contributed by atoms with Crippen LogP contribution in [0, 0.1) is 0 Å². The van der Waals surface area contributed by atoms with Crippen LogP contribution in [0.3, 0.4) is 0 Å². The van der Waals surface area contributed by atoms with E-state index in [1.165, 1.54) is 27.7 Å². The molecule has 104 valence electrons. The lowest BCUT2D eigenvalue weighted by Gasteiger charge is -2.24. The number of hydrogen-bond acceptors (Lipinski definition) is 3. The molecule has 5 rings (SSSR count). The molecule has 2 aliphatic rings. The Balaban J connectivity index is 1.79. The molecule has 0 fully saturated rings. The third-order valence-corrected chi connectivity index (χ3v) is 4.91. The van der Waals surface area contributed by atoms with Gasteiger partial charge >= 0.3 is 0 Å². The molecule has 0 saturated heterocycles. The lowest BCUT2D eigenvalue weighted by molar-refractivity contribution is 0.344. The first-order valence-corrected chi connectivity index (χ1v) is 7.36. The Labute approximate surface area is 123 Å². The third-order valence-electron chi connectivity index (χ3n) is 4.91. The first kappa shape index (κ1) is 11.3. The highest BCUT2D eigenvalue weighted by Crippen LogP contribution is 2.42. The van der Waals surface area contributed by atoms with Crippen molar-refractivity contribution in [3.8, 4) is 0 Å². The van der Waals surface area contributed by atoms with E-state index in [1.54, 1.807) is 0 Å². The van der Waals surface area contributed by atoms with Crippen LogP contribution in [0.1, 0.15) is 12.5 Å². The molecule has 1 atom stereocenters. The Bertz CT molecular complexity index is 922. The molecule has 2 aromatic carbocycles. The molecule has 21 heavy (non-hydrogen) atoms. The van der Waals surface area contributed by atoms with Crippen LogP contribution in [0.5, 0.6) is 0 Å². The second-order valence-electron chi connectivity index (χ2n) is 6.05. The van der Waals surface area contributed by atoms with E-state index < -0.39 is 0 Å². The van der Waals surface area contributed by atoms with Crippen LogP contribution in [-0.2, 0) is 6.42 Å². The van der Waals surface area contributed by atoms with Gasteiger partial charge in [-0.25, -0.2) is 0 Å². The summed E-state index contributed by atoms with van der Waals surface area (Å²) in [6.07, 6.45) is 3.73. The Kier molecular flexibility index (Phi) is 1.94. The van der Waals surface area contributed by atoms with E-state index >= 15 is 0 Å². The zero-order valence-corrected chi connectivity index (χ0v) is 12.1. The molecular formula is C18H16N2O. The van der Waals surface area contributed by atoms with Gasteiger partial charge in [-0.15, -0.1) is 0 Å². The lowest BCUT2D eigenvalue weighted by Crippen LogP contribution is -2.34. The van der Waals surface area contributed by atoms with Gasteiger partial charge in [-0.05, 0) is 30.7 Å². The van der Waals surface area contributed by atoms with Crippen LogP contribution in [-0.4, -0.2) is 18.1 Å². The Morgan fingerprint density at radius 2 is 1.95 bits per heavy atom. The number of furan rings is 1. The highest BCUT2D eigenvalue weighted by molar-refractivity contribution is 6.06. The summed E-state index contributed by atoms with van der Waals surface area (Å²) in [7, 11) is 2.17. The van der Waals surface area contributed by atoms with Crippen molar-refractivity contribution in [3.05, 3.63) is 53.9 Å². The van der Waals surface area contributed by atoms with Gasteiger partial charge in [0.15, 0.2) is 0 Å². The minimum absolute atomic E-state index is 0.428. The summed E-state index contributed by atoms with van der Waals surface area (Å²) < 4.78 is 6.00. The maximum atomic E-state index is 6.00. The quantitative estimate of drug-likeness (QED) is 0.617. The number of nitrogens with zero attached hydrogens (tertiary/aromatic N) is 2. The minimum atomic E-state index is 0.428. The Morgan fingerprint density at radius 3 is 2.86 bits per heavy atom. The number of allylic oxidation sites excluding steroid dienone is 1. The first-order valence-electron chi connectivity index (χ1n) is 7.36. The van der Waals surface area contributed by atoms with E-state index in [4.69, 9.17) is 4.42 Å². The number of para-hydroxylation sites is 1. The molecule has 0 N–H and O–H groups in total. The van der Waals surface area contributed by atoms with Gasteiger partial charge in [-0.2, -0.15) is 0 Å². The summed E-state index contributed by atoms with van der Waals surface area (Å²) in [5.41, 5.74) is 5.99. The fraction of sp³-hybridized carbons (Fsp3) is 0.222. The van der Waals surface area contributed by atoms with Gasteiger partial charge in [-0.3, -0.25) is 0 Å². The van der Waals surface area contributed by atoms with Crippen LogP contribution in [0.4, 0.5) is 5.69 Å². The number of hydrogen-bond donors (Lipinski definition) is 0. The number of fused-ring (bicyclic) bond motifs is 6. The summed E-state index contributed by atoms with van der Waals surface area (Å²) in [4.78, 5) is 4.74. The number of benzene rings is 2. The van der Waals surface area contributed by atoms with Gasteiger partial charge in [0.05, 0.1) is 0 Å². The van der Waals surface area contributed by atoms with E-state index in [1.807, 2.05) is 12.1 Å². The Hall–Kier alpha value is -2.42. The van der Waals surface area contributed by atoms with Gasteiger partial charge in [-0.1, -0.05) is 18.2 Å². The molecule has 3 heterocycles. The monoisotopic (exact) mass is 276 g/mol. The van der Waals surface area contributed by atoms with E-state index in [9.17, 15) is 0 Å². The van der Waals surface area contributed by atoms with Gasteiger partial charge in [0, 0.05) is 41.8 Å². The highest BCUT2D eigenvalue weighted by Gasteiger charge is 2.36. The van der Waals surface area contributed by atoms with Crippen molar-refractivity contribution >= 4 is 27.6 Å². The topological polar surface area (TPSA) is 19.6 Å². The predicted octanol–water partition coefficient (Wildman–Crippen LogP) is 4.08. The van der Waals surface area contributed by atoms with Crippen LogP contribution < -0.4 is 4.90 Å². The van der Waals surface area contributed by atoms with Gasteiger partial charge in [0.25, 0.3) is 0 Å². The molecule has 3 heteroatoms. The smallest absolute Gasteiger partial charge is 0.135 e. The molecule has 3 aromatic rings. The van der Waals surface area contributed by atoms with E-state index in [2.05, 4.69) is 54.2 Å². The molecule has 0 amide bonds. The van der Waals surface area contributed by atoms with Crippen LogP contribution in [0.25, 0.3) is 21.9 Å². The normalized spacial score (nSPS) is 20.3. The zero-order chi connectivity index (χ0) is 14.1. The molecule has 0 bridgehead atoms. The van der Waals surface area contributed by atoms with Crippen molar-refractivity contribution < 1.29 is 4.42 Å². The van der Waals surface area contributed by atoms with Crippen molar-refractivity contribution in [2.24, 2.45) is 0 Å². The van der Waals surface area contributed by atoms with Crippen molar-refractivity contribution in [1.82, 2.24) is 4.90 Å². The third kappa shape index (κ3) is 1.33. The lowest BCUT2D eigenvalue weighted by atomic mass is 10.1. The molecule has 0 radical (unpaired) electrons. The van der Waals surface area contributed by atoms with E-state index in [0.29, 0.717) is 6.17 Å². The van der Waals surface area contributed by atoms with Gasteiger partial charge < -0.3 is 14.2 Å². The highest BCUT2D eigenvalue weighted by atomic mass is 16.3. The van der Waals surface area contributed by atoms with E-state index in [-0.39, 0.29) is 0 Å². The van der Waals surface area contributed by atoms with Crippen molar-refractivity contribution in [2.45, 2.75) is 19.5 Å². The Morgan fingerprint density at radius 1 is 1.10 bits per heavy atom. The molecule has 3 nitrogen and oxygen atoms in total. The van der Waals surface area contributed by atoms with Crippen molar-refractivity contribution in [3.63, 3.8) is 0 Å². The average Bonchev–Trinajstić information content (AvgIpc) is 3.10. The van der Waals surface area contributed by atoms with Crippen LogP contribution in [0.2, 0.25) is 0 Å². The average molecular weight is 276 g/mol. The van der Waals surface area contributed by atoms with Crippen molar-refractivity contribution in [1.29, 1.82) is 0 Å². The number of anilines is 1. The van der Waals surface area contributed by atoms with E-state index in [0.717, 1.165) is 17.6 Å². The second kappa shape index (κ2) is 3.61. The van der Waals surface area contributed by atoms with Gasteiger partial charge in [0.2, 0.25) is 0 Å². The summed E-state index contributed by atoms with van der Waals surface area (Å²) in [6.45, 7) is 2.17. The summed E-state index contributed by atoms with van der Waals surface area (Å²) in [5, 5.41) is 2.41. The predicted molar refractivity (Wildman–Crippen MR) is 85.2 cm³/mol. The largest absolute Gasteiger partial charge is 0.456 e. The summed E-state index contributed by atoms with van der Waals surface area (Å²) in [5.74, 6) is 0. The molecule has 0 saturated carbocycles. The summed E-state index contributed by atoms with van der Waals surface area (Å²) >= 11 is 0. The standard InChI is InChI=1S/C18H16N2O/c1-11-10-20-15-9-14-13-5-3-4-6-16(13)21-17(14)7-12(15)8-18(20)19(11)2/h3-7,9-10,18H,8H2,1-2H3. The fourth-order valence-corrected chi connectivity index (χ4v) is 3.67. The van der Waals surface area contributed by atoms with Crippen LogP contribution in [0.15, 0.2) is 52.7 Å². The SMILES string of the molecule is CC1=CN2c3cc4c(cc3CC2N1C)oc1ccccc14. The molecule has 0 aliphatic carbocycles. The molecular weight excluding hydrogens is 260 g/mol. The molecule has 1 aromatic heterocycles. The van der Waals surface area contributed by atoms with Gasteiger partial charge in [0.1, 0.15) is 17.3 Å². The first-order chi connectivity index (χ1) is 10.2. The fourth-order valence-electron chi connectivity index (χ4n) is 3.67. The maximum Gasteiger partial charge on any atom is 0.135 e. The molecule has 0 spiro atoms. The molecule has 1 unspecified atom stereocenters. The maximum absolute atomic E-state index is 6.00. The molecule has 2 aliphatic heterocycles.